The van der Waals surface area contributed by atoms with Gasteiger partial charge < -0.3 is 9.88 Å². The highest BCUT2D eigenvalue weighted by molar-refractivity contribution is 7.25. The molecule has 0 bridgehead atoms. The molecule has 0 saturated heterocycles. The van der Waals surface area contributed by atoms with Crippen molar-refractivity contribution in [3.63, 3.8) is 0 Å². The van der Waals surface area contributed by atoms with Gasteiger partial charge in [-0.15, -0.1) is 11.3 Å². The fourth-order valence-corrected chi connectivity index (χ4v) is 15.3. The highest BCUT2D eigenvalue weighted by Crippen LogP contribution is 2.57. The summed E-state index contributed by atoms with van der Waals surface area (Å²) in [5.41, 5.74) is 28.0. The van der Waals surface area contributed by atoms with E-state index >= 15 is 0 Å². The summed E-state index contributed by atoms with van der Waals surface area (Å²) in [5, 5.41) is 9.45. The molecule has 3 heterocycles. The molecule has 4 aliphatic rings. The van der Waals surface area contributed by atoms with Crippen molar-refractivity contribution in [3.8, 4) is 39.1 Å². The maximum atomic E-state index is 4.10. The van der Waals surface area contributed by atoms with E-state index in [1.54, 1.807) is 0 Å². The number of anilines is 2. The topological polar surface area (TPSA) is 17.0 Å². The predicted octanol–water partition coefficient (Wildman–Crippen LogP) is 17.8. The molecule has 1 aliphatic heterocycles. The van der Waals surface area contributed by atoms with E-state index in [4.69, 9.17) is 0 Å². The first-order valence-electron chi connectivity index (χ1n) is 27.0. The van der Waals surface area contributed by atoms with E-state index < -0.39 is 0 Å². The summed E-state index contributed by atoms with van der Waals surface area (Å²) in [6.07, 6.45) is 4.73. The van der Waals surface area contributed by atoms with Crippen molar-refractivity contribution in [1.29, 1.82) is 0 Å². The quantitative estimate of drug-likeness (QED) is 0.174. The van der Waals surface area contributed by atoms with E-state index in [9.17, 15) is 0 Å². The van der Waals surface area contributed by atoms with Crippen LogP contribution in [0.3, 0.4) is 0 Å². The molecule has 0 unspecified atom stereocenters. The standard InChI is InChI=1S/C69H66BN2S/c1-38-17-21-41(22-18-38)71-57-36-51-45(46-33-52-54(35-50(46)69(51,11)12)67(7,8)27-25-65(52,3)4)32-47(57)48-31-44(40-20-23-43-42-15-13-14-16-60(42)73-61(43)30-40)62-49-34-53-55(68(9,10)28-26-66(53,5)6)37-59(49)72-58-24-19-39(2)29-56(58)70-63(48)64(62)72/h13-24,29-37,71H,25-28H2,1-12H3. The van der Waals surface area contributed by atoms with Crippen molar-refractivity contribution < 1.29 is 0 Å². The number of nitrogens with one attached hydrogen (secondary N) is 1. The van der Waals surface area contributed by atoms with Crippen molar-refractivity contribution in [1.82, 2.24) is 4.57 Å². The van der Waals surface area contributed by atoms with E-state index in [0.29, 0.717) is 0 Å². The summed E-state index contributed by atoms with van der Waals surface area (Å²) in [5.74, 6) is 0. The average Bonchev–Trinajstić information content (AvgIpc) is 3.97. The average molecular weight is 966 g/mol. The van der Waals surface area contributed by atoms with Crippen molar-refractivity contribution in [2.24, 2.45) is 0 Å². The lowest BCUT2D eigenvalue weighted by molar-refractivity contribution is 0.331. The Kier molecular flexibility index (Phi) is 9.25. The van der Waals surface area contributed by atoms with Gasteiger partial charge in [-0.3, -0.25) is 0 Å². The molecule has 1 N–H and O–H groups in total. The Morgan fingerprint density at radius 3 is 1.81 bits per heavy atom. The lowest BCUT2D eigenvalue weighted by Crippen LogP contribution is -2.37. The zero-order valence-corrected chi connectivity index (χ0v) is 45.7. The van der Waals surface area contributed by atoms with Gasteiger partial charge in [0.1, 0.15) is 0 Å². The molecule has 361 valence electrons. The van der Waals surface area contributed by atoms with E-state index in [1.807, 2.05) is 11.3 Å². The first-order valence-corrected chi connectivity index (χ1v) is 27.8. The molecular weight excluding hydrogens is 900 g/mol. The van der Waals surface area contributed by atoms with Gasteiger partial charge in [-0.05, 0) is 195 Å². The van der Waals surface area contributed by atoms with Gasteiger partial charge in [0, 0.05) is 64.5 Å². The van der Waals surface area contributed by atoms with E-state index in [0.717, 1.165) is 11.4 Å². The number of fused-ring (bicyclic) bond motifs is 13. The summed E-state index contributed by atoms with van der Waals surface area (Å²) in [4.78, 5) is 0. The molecule has 10 aromatic rings. The molecule has 2 aromatic heterocycles. The first-order chi connectivity index (χ1) is 34.7. The summed E-state index contributed by atoms with van der Waals surface area (Å²) in [7, 11) is 2.54. The second-order valence-corrected chi connectivity index (χ2v) is 27.0. The van der Waals surface area contributed by atoms with Crippen molar-refractivity contribution in [2.75, 3.05) is 5.32 Å². The second kappa shape index (κ2) is 14.9. The molecular formula is C69H66BN2S. The van der Waals surface area contributed by atoms with Crippen LogP contribution in [-0.4, -0.2) is 11.8 Å². The number of hydrogen-bond acceptors (Lipinski definition) is 2. The Hall–Kier alpha value is -6.36. The molecule has 0 spiro atoms. The molecule has 1 radical (unpaired) electrons. The predicted molar refractivity (Wildman–Crippen MR) is 317 cm³/mol. The molecule has 3 aliphatic carbocycles. The van der Waals surface area contributed by atoms with Crippen LogP contribution in [0.15, 0.2) is 127 Å². The Bertz CT molecular complexity index is 4070. The summed E-state index contributed by atoms with van der Waals surface area (Å²) in [6, 6.07) is 50.5. The first kappa shape index (κ1) is 45.3. The number of hydrogen-bond donors (Lipinski definition) is 1. The molecule has 0 amide bonds. The Morgan fingerprint density at radius 2 is 1.08 bits per heavy atom. The minimum Gasteiger partial charge on any atom is -0.355 e. The summed E-state index contributed by atoms with van der Waals surface area (Å²) >= 11 is 1.91. The van der Waals surface area contributed by atoms with Crippen LogP contribution in [-0.2, 0) is 27.1 Å². The molecule has 8 aromatic carbocycles. The zero-order chi connectivity index (χ0) is 50.5. The van der Waals surface area contributed by atoms with Crippen LogP contribution >= 0.6 is 11.3 Å². The van der Waals surface area contributed by atoms with Crippen LogP contribution in [0.25, 0.3) is 81.0 Å². The summed E-state index contributed by atoms with van der Waals surface area (Å²) in [6.45, 7) is 29.1. The fraction of sp³-hybridized carbons (Fsp3) is 0.304. The van der Waals surface area contributed by atoms with Gasteiger partial charge in [-0.2, -0.15) is 0 Å². The highest BCUT2D eigenvalue weighted by atomic mass is 32.1. The largest absolute Gasteiger partial charge is 0.355 e. The number of benzene rings is 8. The molecule has 14 rings (SSSR count). The van der Waals surface area contributed by atoms with Gasteiger partial charge in [0.05, 0.1) is 5.52 Å². The third kappa shape index (κ3) is 6.48. The SMILES string of the molecule is Cc1ccc(Nc2cc3c(cc2-c2cc(-c4ccc5c(c4)sc4ccccc45)c4c5cc6c(cc5n5c4c2[B]c2cc(C)ccc2-5)C(C)(C)CCC6(C)C)-c2cc4c(cc2C3(C)C)C(C)(C)CCC4(C)C)cc1. The molecule has 4 heteroatoms. The Balaban J connectivity index is 1.13. The van der Waals surface area contributed by atoms with Crippen molar-refractivity contribution >= 4 is 82.9 Å². The lowest BCUT2D eigenvalue weighted by atomic mass is 9.58. The van der Waals surface area contributed by atoms with E-state index in [1.165, 1.54) is 162 Å². The van der Waals surface area contributed by atoms with Crippen molar-refractivity contribution in [2.45, 2.75) is 136 Å². The van der Waals surface area contributed by atoms with Gasteiger partial charge in [0.2, 0.25) is 0 Å². The number of aromatic nitrogens is 1. The zero-order valence-electron chi connectivity index (χ0n) is 44.9. The smallest absolute Gasteiger partial charge is 0.197 e. The molecule has 0 saturated carbocycles. The number of rotatable bonds is 4. The van der Waals surface area contributed by atoms with Gasteiger partial charge in [-0.25, -0.2) is 0 Å². The number of thiophene rings is 1. The van der Waals surface area contributed by atoms with Gasteiger partial charge >= 0.3 is 0 Å². The normalized spacial score (nSPS) is 18.0. The van der Waals surface area contributed by atoms with Crippen LogP contribution in [0.2, 0.25) is 0 Å². The maximum absolute atomic E-state index is 4.10. The minimum absolute atomic E-state index is 0.0585. The van der Waals surface area contributed by atoms with Crippen molar-refractivity contribution in [3.05, 3.63) is 172 Å². The van der Waals surface area contributed by atoms with Crippen LogP contribution in [0, 0.1) is 13.8 Å². The lowest BCUT2D eigenvalue weighted by Gasteiger charge is -2.42. The monoisotopic (exact) mass is 966 g/mol. The van der Waals surface area contributed by atoms with Gasteiger partial charge in [0.25, 0.3) is 0 Å². The highest BCUT2D eigenvalue weighted by Gasteiger charge is 2.44. The maximum Gasteiger partial charge on any atom is 0.197 e. The second-order valence-electron chi connectivity index (χ2n) is 25.9. The summed E-state index contributed by atoms with van der Waals surface area (Å²) < 4.78 is 5.34. The third-order valence-corrected chi connectivity index (χ3v) is 20.0. The van der Waals surface area contributed by atoms with Gasteiger partial charge in [-0.1, -0.05) is 146 Å². The van der Waals surface area contributed by atoms with Gasteiger partial charge in [0.15, 0.2) is 7.28 Å². The van der Waals surface area contributed by atoms with Crippen LogP contribution in [0.1, 0.15) is 139 Å². The molecule has 0 fully saturated rings. The molecule has 2 nitrogen and oxygen atoms in total. The fourth-order valence-electron chi connectivity index (χ4n) is 14.1. The molecule has 0 atom stereocenters. The van der Waals surface area contributed by atoms with Crippen LogP contribution in [0.4, 0.5) is 11.4 Å². The number of aryl methyl sites for hydroxylation is 2. The Morgan fingerprint density at radius 1 is 0.479 bits per heavy atom. The van der Waals surface area contributed by atoms with E-state index in [-0.39, 0.29) is 27.1 Å². The third-order valence-electron chi connectivity index (χ3n) is 18.9. The van der Waals surface area contributed by atoms with Crippen LogP contribution in [0.5, 0.6) is 0 Å². The number of nitrogens with zero attached hydrogens (tertiary/aromatic N) is 1. The minimum atomic E-state index is -0.196. The molecule has 73 heavy (non-hydrogen) atoms. The van der Waals surface area contributed by atoms with E-state index in [2.05, 4.69) is 228 Å². The Labute approximate surface area is 437 Å². The van der Waals surface area contributed by atoms with Crippen LogP contribution < -0.4 is 16.2 Å².